The van der Waals surface area contributed by atoms with Crippen molar-refractivity contribution in [1.82, 2.24) is 0 Å². The lowest BCUT2D eigenvalue weighted by Crippen LogP contribution is -2.20. The second-order valence-electron chi connectivity index (χ2n) is 5.60. The molecule has 158 valence electrons. The van der Waals surface area contributed by atoms with Gasteiger partial charge in [0.1, 0.15) is 5.75 Å². The highest BCUT2D eigenvalue weighted by molar-refractivity contribution is 7.54. The van der Waals surface area contributed by atoms with E-state index in [9.17, 15) is 9.36 Å². The van der Waals surface area contributed by atoms with Gasteiger partial charge in [-0.3, -0.25) is 4.57 Å². The van der Waals surface area contributed by atoms with E-state index in [1.54, 1.807) is 44.2 Å². The average Bonchev–Trinajstić information content (AvgIpc) is 2.66. The Morgan fingerprint density at radius 3 is 2.24 bits per heavy atom. The third-order valence-corrected chi connectivity index (χ3v) is 6.63. The van der Waals surface area contributed by atoms with Crippen molar-refractivity contribution in [2.75, 3.05) is 19.8 Å². The van der Waals surface area contributed by atoms with E-state index in [0.29, 0.717) is 10.6 Å². The van der Waals surface area contributed by atoms with Crippen LogP contribution in [0.5, 0.6) is 5.75 Å². The van der Waals surface area contributed by atoms with Gasteiger partial charge in [0.05, 0.1) is 18.2 Å². The molecule has 0 saturated heterocycles. The molecule has 0 aliphatic carbocycles. The number of carbonyl (C=O) groups excluding carboxylic acids is 1. The van der Waals surface area contributed by atoms with Crippen LogP contribution in [-0.2, 0) is 23.1 Å². The largest absolute Gasteiger partial charge is 0.480 e. The van der Waals surface area contributed by atoms with Crippen LogP contribution in [0.2, 0.25) is 15.1 Å². The molecular weight excluding hydrogens is 462 g/mol. The highest BCUT2D eigenvalue weighted by Crippen LogP contribution is 2.62. The van der Waals surface area contributed by atoms with Crippen LogP contribution < -0.4 is 4.74 Å². The summed E-state index contributed by atoms with van der Waals surface area (Å²) in [5.74, 6) is -1.91. The van der Waals surface area contributed by atoms with E-state index in [1.165, 1.54) is 12.1 Å². The summed E-state index contributed by atoms with van der Waals surface area (Å²) in [6.45, 7) is 3.01. The van der Waals surface area contributed by atoms with Crippen LogP contribution in [0.25, 0.3) is 0 Å². The maximum atomic E-state index is 13.3. The Labute approximate surface area is 184 Å². The summed E-state index contributed by atoms with van der Waals surface area (Å²) in [7, 11) is -3.87. The highest BCUT2D eigenvalue weighted by atomic mass is 35.5. The van der Waals surface area contributed by atoms with Crippen LogP contribution in [0.1, 0.15) is 25.3 Å². The molecule has 0 aliphatic heterocycles. The average molecular weight is 482 g/mol. The van der Waals surface area contributed by atoms with Crippen molar-refractivity contribution in [3.05, 3.63) is 63.1 Å². The first-order valence-corrected chi connectivity index (χ1v) is 11.5. The minimum atomic E-state index is -3.87. The van der Waals surface area contributed by atoms with E-state index < -0.39 is 26.0 Å². The second-order valence-corrected chi connectivity index (χ2v) is 8.92. The van der Waals surface area contributed by atoms with Crippen LogP contribution in [0.15, 0.2) is 42.5 Å². The number of ether oxygens (including phenoxy) is 2. The molecule has 10 heteroatoms. The van der Waals surface area contributed by atoms with E-state index in [0.717, 1.165) is 0 Å². The maximum absolute atomic E-state index is 13.3. The molecule has 0 saturated carbocycles. The third kappa shape index (κ3) is 6.61. The molecule has 1 unspecified atom stereocenters. The van der Waals surface area contributed by atoms with E-state index in [2.05, 4.69) is 0 Å². The Bertz CT molecular complexity index is 882. The van der Waals surface area contributed by atoms with Crippen molar-refractivity contribution >= 4 is 48.4 Å². The van der Waals surface area contributed by atoms with Crippen LogP contribution in [0.3, 0.4) is 0 Å². The fourth-order valence-corrected chi connectivity index (χ4v) is 5.05. The predicted octanol–water partition coefficient (Wildman–Crippen LogP) is 6.53. The molecule has 29 heavy (non-hydrogen) atoms. The van der Waals surface area contributed by atoms with Crippen molar-refractivity contribution < 1.29 is 27.9 Å². The highest BCUT2D eigenvalue weighted by Gasteiger charge is 2.41. The molecule has 2 aromatic rings. The van der Waals surface area contributed by atoms with Gasteiger partial charge in [-0.05, 0) is 38.1 Å². The molecule has 1 atom stereocenters. The summed E-state index contributed by atoms with van der Waals surface area (Å²) in [5, 5.41) is 0.923. The number of halogens is 3. The van der Waals surface area contributed by atoms with Gasteiger partial charge in [0.2, 0.25) is 5.85 Å². The van der Waals surface area contributed by atoms with E-state index >= 15 is 0 Å². The summed E-state index contributed by atoms with van der Waals surface area (Å²) in [6.07, 6.45) is 0. The zero-order valence-electron chi connectivity index (χ0n) is 15.8. The van der Waals surface area contributed by atoms with Gasteiger partial charge in [0.25, 0.3) is 0 Å². The molecule has 2 aromatic carbocycles. The smallest absolute Gasteiger partial charge is 0.375 e. The molecule has 0 spiro atoms. The summed E-state index contributed by atoms with van der Waals surface area (Å²) in [5.41, 5.74) is 0.303. The number of benzene rings is 2. The van der Waals surface area contributed by atoms with Crippen molar-refractivity contribution in [2.24, 2.45) is 0 Å². The van der Waals surface area contributed by atoms with Crippen molar-refractivity contribution in [3.8, 4) is 5.75 Å². The van der Waals surface area contributed by atoms with Gasteiger partial charge in [-0.1, -0.05) is 53.0 Å². The Morgan fingerprint density at radius 2 is 1.66 bits per heavy atom. The number of rotatable bonds is 10. The van der Waals surface area contributed by atoms with Crippen LogP contribution in [-0.4, -0.2) is 25.8 Å². The molecular formula is C19H20Cl3O6P. The maximum Gasteiger partial charge on any atom is 0.375 e. The number of hydrogen-bond donors (Lipinski definition) is 0. The molecule has 6 nitrogen and oxygen atoms in total. The first-order valence-electron chi connectivity index (χ1n) is 8.71. The lowest BCUT2D eigenvalue weighted by atomic mass is 10.2. The molecule has 0 radical (unpaired) electrons. The Kier molecular flexibility index (Phi) is 9.28. The molecule has 0 N–H and O–H groups in total. The monoisotopic (exact) mass is 480 g/mol. The van der Waals surface area contributed by atoms with Gasteiger partial charge < -0.3 is 18.5 Å². The van der Waals surface area contributed by atoms with E-state index in [1.807, 2.05) is 0 Å². The fraction of sp³-hybridized carbons (Fsp3) is 0.316. The molecule has 2 rings (SSSR count). The van der Waals surface area contributed by atoms with Gasteiger partial charge in [-0.25, -0.2) is 4.79 Å². The summed E-state index contributed by atoms with van der Waals surface area (Å²) < 4.78 is 34.9. The Morgan fingerprint density at radius 1 is 1.00 bits per heavy atom. The molecule has 0 amide bonds. The molecule has 0 heterocycles. The van der Waals surface area contributed by atoms with Crippen LogP contribution in [0, 0.1) is 0 Å². The van der Waals surface area contributed by atoms with Gasteiger partial charge in [-0.15, -0.1) is 0 Å². The lowest BCUT2D eigenvalue weighted by Gasteiger charge is -2.27. The second kappa shape index (κ2) is 11.2. The van der Waals surface area contributed by atoms with Crippen molar-refractivity contribution in [1.29, 1.82) is 0 Å². The summed E-state index contributed by atoms with van der Waals surface area (Å²) in [4.78, 5) is 12.5. The van der Waals surface area contributed by atoms with Crippen LogP contribution in [0.4, 0.5) is 0 Å². The Balaban J connectivity index is 2.23. The van der Waals surface area contributed by atoms with Gasteiger partial charge >= 0.3 is 13.6 Å². The van der Waals surface area contributed by atoms with E-state index in [-0.39, 0.29) is 29.0 Å². The molecule has 0 aromatic heterocycles. The minimum Gasteiger partial charge on any atom is -0.480 e. The SMILES string of the molecule is CCOP(=O)(OCC)C(OC(=O)COc1ccc(Cl)cc1Cl)c1ccccc1Cl. The topological polar surface area (TPSA) is 71.1 Å². The van der Waals surface area contributed by atoms with Gasteiger partial charge in [0.15, 0.2) is 6.61 Å². The summed E-state index contributed by atoms with van der Waals surface area (Å²) in [6, 6.07) is 11.1. The molecule has 0 bridgehead atoms. The van der Waals surface area contributed by atoms with Crippen LogP contribution >= 0.6 is 42.4 Å². The standard InChI is InChI=1S/C19H20Cl3O6P/c1-3-26-29(24,27-4-2)19(14-7-5-6-8-15(14)21)28-18(23)12-25-17-10-9-13(20)11-16(17)22/h5-11,19H,3-4,12H2,1-2H3. The first kappa shape index (κ1) is 24.0. The molecule has 0 fully saturated rings. The first-order chi connectivity index (χ1) is 13.8. The zero-order chi connectivity index (χ0) is 21.4. The zero-order valence-corrected chi connectivity index (χ0v) is 18.9. The predicted molar refractivity (Wildman–Crippen MR) is 113 cm³/mol. The molecule has 0 aliphatic rings. The van der Waals surface area contributed by atoms with Crippen molar-refractivity contribution in [2.45, 2.75) is 19.7 Å². The van der Waals surface area contributed by atoms with Crippen molar-refractivity contribution in [3.63, 3.8) is 0 Å². The van der Waals surface area contributed by atoms with E-state index in [4.69, 9.17) is 53.3 Å². The minimum absolute atomic E-state index is 0.0899. The number of hydrogen-bond acceptors (Lipinski definition) is 6. The Hall–Kier alpha value is -1.27. The van der Waals surface area contributed by atoms with Gasteiger partial charge in [-0.2, -0.15) is 0 Å². The summed E-state index contributed by atoms with van der Waals surface area (Å²) >= 11 is 18.1. The normalized spacial score (nSPS) is 12.4. The fourth-order valence-electron chi connectivity index (χ4n) is 2.39. The number of esters is 1. The quantitative estimate of drug-likeness (QED) is 0.284. The third-order valence-electron chi connectivity index (χ3n) is 3.56. The van der Waals surface area contributed by atoms with Gasteiger partial charge in [0, 0.05) is 15.6 Å². The number of carbonyl (C=O) groups is 1. The lowest BCUT2D eigenvalue weighted by molar-refractivity contribution is -0.149.